The third kappa shape index (κ3) is 1.49. The van der Waals surface area contributed by atoms with Crippen LogP contribution in [-0.4, -0.2) is 5.78 Å². The summed E-state index contributed by atoms with van der Waals surface area (Å²) < 4.78 is 0. The Balaban J connectivity index is 1.49. The van der Waals surface area contributed by atoms with E-state index in [1.807, 2.05) is 5.57 Å². The number of ketones is 1. The summed E-state index contributed by atoms with van der Waals surface area (Å²) >= 11 is 0. The highest BCUT2D eigenvalue weighted by atomic mass is 16.1. The molecule has 6 unspecified atom stereocenters. The molecule has 1 nitrogen and oxygen atoms in total. The molecule has 1 heteroatoms. The number of hydrogen-bond donors (Lipinski definition) is 0. The molecule has 0 saturated heterocycles. The van der Waals surface area contributed by atoms with Gasteiger partial charge in [0.2, 0.25) is 0 Å². The van der Waals surface area contributed by atoms with Crippen LogP contribution in [0.15, 0.2) is 35.5 Å². The van der Waals surface area contributed by atoms with Gasteiger partial charge in [-0.25, -0.2) is 0 Å². The highest BCUT2D eigenvalue weighted by molar-refractivity contribution is 5.92. The zero-order valence-corrected chi connectivity index (χ0v) is 15.7. The Labute approximate surface area is 151 Å². The van der Waals surface area contributed by atoms with E-state index in [9.17, 15) is 4.79 Å². The van der Waals surface area contributed by atoms with Crippen molar-refractivity contribution in [1.82, 2.24) is 0 Å². The first-order valence-corrected chi connectivity index (χ1v) is 10.5. The molecule has 0 radical (unpaired) electrons. The molecule has 7 atom stereocenters. The lowest BCUT2D eigenvalue weighted by atomic mass is 9.46. The second kappa shape index (κ2) is 4.24. The minimum atomic E-state index is 0.289. The van der Waals surface area contributed by atoms with Crippen LogP contribution in [-0.2, 0) is 4.79 Å². The van der Waals surface area contributed by atoms with Crippen molar-refractivity contribution in [3.8, 4) is 0 Å². The van der Waals surface area contributed by atoms with Crippen molar-refractivity contribution < 1.29 is 4.79 Å². The van der Waals surface area contributed by atoms with Crippen LogP contribution in [0, 0.1) is 39.9 Å². The summed E-state index contributed by atoms with van der Waals surface area (Å²) in [4.78, 5) is 12.1. The SMILES string of the molecule is C=C1CC[C@]2(C)CC=C3C4C5CC5C5=CC(=O)CCC5(C)C4CCC132. The Morgan fingerprint density at radius 2 is 1.96 bits per heavy atom. The van der Waals surface area contributed by atoms with E-state index >= 15 is 0 Å². The van der Waals surface area contributed by atoms with E-state index in [0.717, 1.165) is 30.6 Å². The van der Waals surface area contributed by atoms with Gasteiger partial charge in [0.15, 0.2) is 5.78 Å². The van der Waals surface area contributed by atoms with Crippen LogP contribution < -0.4 is 0 Å². The topological polar surface area (TPSA) is 17.1 Å². The van der Waals surface area contributed by atoms with Crippen LogP contribution >= 0.6 is 0 Å². The van der Waals surface area contributed by atoms with Crippen LogP contribution in [0.1, 0.15) is 65.2 Å². The monoisotopic (exact) mass is 334 g/mol. The van der Waals surface area contributed by atoms with E-state index in [-0.39, 0.29) is 5.41 Å². The summed E-state index contributed by atoms with van der Waals surface area (Å²) in [7, 11) is 0. The number of carbonyl (C=O) groups excluding carboxylic acids is 1. The maximum Gasteiger partial charge on any atom is 0.155 e. The van der Waals surface area contributed by atoms with Gasteiger partial charge in [-0.15, -0.1) is 0 Å². The number of carbonyl (C=O) groups is 1. The molecular formula is C24H30O. The molecule has 1 spiro atoms. The Morgan fingerprint density at radius 1 is 1.12 bits per heavy atom. The number of hydrogen-bond acceptors (Lipinski definition) is 1. The van der Waals surface area contributed by atoms with Gasteiger partial charge in [0, 0.05) is 11.8 Å². The Kier molecular flexibility index (Phi) is 2.54. The average molecular weight is 335 g/mol. The molecule has 0 amide bonds. The van der Waals surface area contributed by atoms with Crippen LogP contribution in [0.2, 0.25) is 0 Å². The molecule has 0 heterocycles. The number of allylic oxidation sites excluding steroid dienone is 5. The lowest BCUT2D eigenvalue weighted by Gasteiger charge is -2.57. The normalized spacial score (nSPS) is 55.4. The molecule has 0 aromatic heterocycles. The van der Waals surface area contributed by atoms with Crippen molar-refractivity contribution >= 4 is 5.78 Å². The highest BCUT2D eigenvalue weighted by Crippen LogP contribution is 2.78. The minimum absolute atomic E-state index is 0.289. The van der Waals surface area contributed by atoms with E-state index in [1.54, 1.807) is 11.1 Å². The summed E-state index contributed by atoms with van der Waals surface area (Å²) in [6.45, 7) is 9.66. The Bertz CT molecular complexity index is 784. The third-order valence-electron chi connectivity index (χ3n) is 9.89. The fourth-order valence-corrected chi connectivity index (χ4v) is 8.51. The lowest BCUT2D eigenvalue weighted by molar-refractivity contribution is -0.116. The summed E-state index contributed by atoms with van der Waals surface area (Å²) in [5, 5.41) is 0. The summed E-state index contributed by atoms with van der Waals surface area (Å²) in [5.41, 5.74) is 6.01. The second-order valence-corrected chi connectivity index (χ2v) is 10.6. The van der Waals surface area contributed by atoms with Crippen molar-refractivity contribution in [2.45, 2.75) is 65.2 Å². The highest BCUT2D eigenvalue weighted by Gasteiger charge is 2.69. The van der Waals surface area contributed by atoms with Gasteiger partial charge in [-0.2, -0.15) is 0 Å². The van der Waals surface area contributed by atoms with Crippen molar-refractivity contribution in [1.29, 1.82) is 0 Å². The molecule has 132 valence electrons. The van der Waals surface area contributed by atoms with Gasteiger partial charge in [0.05, 0.1) is 0 Å². The maximum absolute atomic E-state index is 12.1. The standard InChI is InChI=1S/C24H30O/c1-14-4-8-22(2)9-6-19-21-17-13-16(17)20-12-15(25)5-10-23(20,3)18(21)7-11-24(14,19)22/h6,12,16-18,21H,1,4-5,7-11,13H2,2-3H3/t16?,17?,18?,21?,22-,23?,24?/m1/s1. The maximum atomic E-state index is 12.1. The van der Waals surface area contributed by atoms with Crippen LogP contribution in [0.4, 0.5) is 0 Å². The molecular weight excluding hydrogens is 304 g/mol. The zero-order valence-electron chi connectivity index (χ0n) is 15.7. The van der Waals surface area contributed by atoms with Gasteiger partial charge in [0.1, 0.15) is 0 Å². The Morgan fingerprint density at radius 3 is 2.80 bits per heavy atom. The molecule has 6 aliphatic rings. The molecule has 0 aromatic rings. The van der Waals surface area contributed by atoms with E-state index in [4.69, 9.17) is 0 Å². The Hall–Kier alpha value is -1.11. The average Bonchev–Trinajstić information content (AvgIpc) is 3.27. The number of rotatable bonds is 0. The summed E-state index contributed by atoms with van der Waals surface area (Å²) in [6, 6.07) is 0. The van der Waals surface area contributed by atoms with Gasteiger partial charge in [0.25, 0.3) is 0 Å². The van der Waals surface area contributed by atoms with Gasteiger partial charge in [-0.3, -0.25) is 4.79 Å². The first-order chi connectivity index (χ1) is 11.9. The fraction of sp³-hybridized carbons (Fsp3) is 0.708. The fourth-order valence-electron chi connectivity index (χ4n) is 8.51. The quantitative estimate of drug-likeness (QED) is 0.525. The molecule has 4 saturated carbocycles. The molecule has 6 rings (SSSR count). The molecule has 0 N–H and O–H groups in total. The molecule has 25 heavy (non-hydrogen) atoms. The summed E-state index contributed by atoms with van der Waals surface area (Å²) in [6.07, 6.45) is 14.5. The van der Waals surface area contributed by atoms with Gasteiger partial charge >= 0.3 is 0 Å². The molecule has 0 aliphatic heterocycles. The number of fused-ring (bicyclic) bond motifs is 7. The lowest BCUT2D eigenvalue weighted by Crippen LogP contribution is -2.50. The van der Waals surface area contributed by atoms with E-state index < -0.39 is 0 Å². The summed E-state index contributed by atoms with van der Waals surface area (Å²) in [5.74, 6) is 3.48. The van der Waals surface area contributed by atoms with E-state index in [2.05, 4.69) is 32.6 Å². The van der Waals surface area contributed by atoms with E-state index in [1.165, 1.54) is 38.5 Å². The van der Waals surface area contributed by atoms with Crippen molar-refractivity contribution in [2.24, 2.45) is 39.9 Å². The van der Waals surface area contributed by atoms with Gasteiger partial charge in [-0.1, -0.05) is 43.2 Å². The zero-order chi connectivity index (χ0) is 17.2. The van der Waals surface area contributed by atoms with Crippen LogP contribution in [0.3, 0.4) is 0 Å². The minimum Gasteiger partial charge on any atom is -0.295 e. The van der Waals surface area contributed by atoms with Gasteiger partial charge < -0.3 is 0 Å². The van der Waals surface area contributed by atoms with E-state index in [0.29, 0.717) is 22.5 Å². The first kappa shape index (κ1) is 15.0. The van der Waals surface area contributed by atoms with Crippen molar-refractivity contribution in [3.05, 3.63) is 35.5 Å². The van der Waals surface area contributed by atoms with Crippen molar-refractivity contribution in [3.63, 3.8) is 0 Å². The second-order valence-electron chi connectivity index (χ2n) is 10.6. The predicted octanol–water partition coefficient (Wildman–Crippen LogP) is 5.63. The first-order valence-electron chi connectivity index (χ1n) is 10.5. The van der Waals surface area contributed by atoms with Crippen LogP contribution in [0.5, 0.6) is 0 Å². The molecule has 0 bridgehead atoms. The molecule has 6 aliphatic carbocycles. The van der Waals surface area contributed by atoms with Crippen LogP contribution in [0.25, 0.3) is 0 Å². The molecule has 0 aromatic carbocycles. The predicted molar refractivity (Wildman–Crippen MR) is 99.9 cm³/mol. The smallest absolute Gasteiger partial charge is 0.155 e. The van der Waals surface area contributed by atoms with Gasteiger partial charge in [-0.05, 0) is 85.5 Å². The largest absolute Gasteiger partial charge is 0.295 e. The van der Waals surface area contributed by atoms with Crippen molar-refractivity contribution in [2.75, 3.05) is 0 Å². The third-order valence-corrected chi connectivity index (χ3v) is 9.89. The molecule has 4 fully saturated rings.